The van der Waals surface area contributed by atoms with Gasteiger partial charge in [0.2, 0.25) is 0 Å². The fourth-order valence-electron chi connectivity index (χ4n) is 1.63. The van der Waals surface area contributed by atoms with Crippen molar-refractivity contribution in [1.29, 1.82) is 0 Å². The first-order chi connectivity index (χ1) is 8.24. The molecule has 0 bridgehead atoms. The van der Waals surface area contributed by atoms with Crippen LogP contribution in [0.2, 0.25) is 5.15 Å². The molecule has 0 saturated carbocycles. The monoisotopic (exact) mass is 246 g/mol. The van der Waals surface area contributed by atoms with Crippen LogP contribution in [0.5, 0.6) is 0 Å². The second-order valence-corrected chi connectivity index (χ2v) is 3.87. The van der Waals surface area contributed by atoms with Crippen molar-refractivity contribution in [2.75, 3.05) is 0 Å². The van der Waals surface area contributed by atoms with E-state index in [-0.39, 0.29) is 0 Å². The summed E-state index contributed by atoms with van der Waals surface area (Å²) in [7, 11) is 0. The lowest BCUT2D eigenvalue weighted by molar-refractivity contribution is 0.561. The van der Waals surface area contributed by atoms with Gasteiger partial charge in [0.25, 0.3) is 0 Å². The Morgan fingerprint density at radius 1 is 1.29 bits per heavy atom. The van der Waals surface area contributed by atoms with E-state index in [1.54, 1.807) is 6.92 Å². The van der Waals surface area contributed by atoms with E-state index in [1.807, 2.05) is 18.2 Å². The molecular formula is C11H7ClN4O. The van der Waals surface area contributed by atoms with E-state index in [2.05, 4.69) is 20.2 Å². The highest BCUT2D eigenvalue weighted by atomic mass is 35.5. The third kappa shape index (κ3) is 1.74. The molecule has 6 heteroatoms. The van der Waals surface area contributed by atoms with Gasteiger partial charge in [0.15, 0.2) is 16.6 Å². The van der Waals surface area contributed by atoms with Crippen molar-refractivity contribution in [3.8, 4) is 11.3 Å². The van der Waals surface area contributed by atoms with Gasteiger partial charge >= 0.3 is 0 Å². The molecule has 0 spiro atoms. The number of benzene rings is 1. The van der Waals surface area contributed by atoms with Gasteiger partial charge in [0.1, 0.15) is 17.5 Å². The van der Waals surface area contributed by atoms with Crippen LogP contribution in [0, 0.1) is 6.92 Å². The van der Waals surface area contributed by atoms with E-state index in [0.29, 0.717) is 22.3 Å². The molecule has 0 atom stereocenters. The first-order valence-corrected chi connectivity index (χ1v) is 5.32. The van der Waals surface area contributed by atoms with E-state index >= 15 is 0 Å². The second-order valence-electron chi connectivity index (χ2n) is 3.51. The minimum Gasteiger partial charge on any atom is -0.441 e. The zero-order valence-corrected chi connectivity index (χ0v) is 9.64. The molecule has 2 aromatic heterocycles. The lowest BCUT2D eigenvalue weighted by Crippen LogP contribution is -1.90. The smallest absolute Gasteiger partial charge is 0.192 e. The normalized spacial score (nSPS) is 10.9. The van der Waals surface area contributed by atoms with Gasteiger partial charge in [-0.15, -0.1) is 10.2 Å². The van der Waals surface area contributed by atoms with Crippen molar-refractivity contribution in [2.45, 2.75) is 6.92 Å². The number of rotatable bonds is 1. The lowest BCUT2D eigenvalue weighted by atomic mass is 10.1. The maximum Gasteiger partial charge on any atom is 0.192 e. The molecule has 84 valence electrons. The summed E-state index contributed by atoms with van der Waals surface area (Å²) in [5, 5.41) is 7.99. The number of fused-ring (bicyclic) bond motifs is 1. The summed E-state index contributed by atoms with van der Waals surface area (Å²) in [6, 6.07) is 5.54. The average molecular weight is 247 g/mol. The molecule has 0 amide bonds. The molecule has 1 aromatic carbocycles. The summed E-state index contributed by atoms with van der Waals surface area (Å²) in [6.45, 7) is 1.80. The van der Waals surface area contributed by atoms with Crippen LogP contribution in [0.4, 0.5) is 0 Å². The summed E-state index contributed by atoms with van der Waals surface area (Å²) in [5.74, 6) is 0.625. The highest BCUT2D eigenvalue weighted by molar-refractivity contribution is 6.31. The Labute approximate surface area is 101 Å². The average Bonchev–Trinajstić information content (AvgIpc) is 2.68. The minimum absolute atomic E-state index is 0.315. The molecule has 0 saturated heterocycles. The number of oxazole rings is 1. The second kappa shape index (κ2) is 3.78. The molecule has 0 radical (unpaired) electrons. The third-order valence-corrected chi connectivity index (χ3v) is 2.62. The highest BCUT2D eigenvalue weighted by Crippen LogP contribution is 2.26. The maximum atomic E-state index is 5.96. The maximum absolute atomic E-state index is 5.96. The quantitative estimate of drug-likeness (QED) is 0.660. The van der Waals surface area contributed by atoms with Crippen LogP contribution in [0.25, 0.3) is 22.4 Å². The van der Waals surface area contributed by atoms with Crippen molar-refractivity contribution < 1.29 is 4.42 Å². The van der Waals surface area contributed by atoms with Gasteiger partial charge < -0.3 is 4.42 Å². The van der Waals surface area contributed by atoms with Gasteiger partial charge in [0, 0.05) is 12.5 Å². The molecule has 0 fully saturated rings. The number of aryl methyl sites for hydroxylation is 1. The first-order valence-electron chi connectivity index (χ1n) is 4.95. The Kier molecular flexibility index (Phi) is 2.26. The summed E-state index contributed by atoms with van der Waals surface area (Å²) in [4.78, 5) is 8.11. The van der Waals surface area contributed by atoms with Crippen LogP contribution in [-0.2, 0) is 0 Å². The fraction of sp³-hybridized carbons (Fsp3) is 0.0909. The Hall–Kier alpha value is -2.01. The molecule has 3 aromatic rings. The number of hydrogen-bond acceptors (Lipinski definition) is 5. The third-order valence-electron chi connectivity index (χ3n) is 2.34. The standard InChI is InChI=1S/C11H7ClN4O/c1-6-15-8-3-2-7(4-9(8)17-6)10-11(12)13-5-14-16-10/h2-5H,1H3. The van der Waals surface area contributed by atoms with Crippen LogP contribution in [-0.4, -0.2) is 20.2 Å². The van der Waals surface area contributed by atoms with E-state index in [0.717, 1.165) is 11.1 Å². The molecule has 0 N–H and O–H groups in total. The summed E-state index contributed by atoms with van der Waals surface area (Å²) in [5.41, 5.74) is 2.84. The lowest BCUT2D eigenvalue weighted by Gasteiger charge is -1.99. The van der Waals surface area contributed by atoms with Gasteiger partial charge in [-0.3, -0.25) is 0 Å². The van der Waals surface area contributed by atoms with Crippen LogP contribution in [0.1, 0.15) is 5.89 Å². The van der Waals surface area contributed by atoms with Gasteiger partial charge in [0.05, 0.1) is 0 Å². The molecule has 0 aliphatic carbocycles. The molecule has 3 rings (SSSR count). The SMILES string of the molecule is Cc1nc2ccc(-c3nncnc3Cl)cc2o1. The van der Waals surface area contributed by atoms with Gasteiger partial charge in [-0.25, -0.2) is 9.97 Å². The van der Waals surface area contributed by atoms with Crippen molar-refractivity contribution >= 4 is 22.7 Å². The zero-order chi connectivity index (χ0) is 11.8. The number of nitrogens with zero attached hydrogens (tertiary/aromatic N) is 4. The summed E-state index contributed by atoms with van der Waals surface area (Å²) in [6.07, 6.45) is 1.31. The molecule has 0 aliphatic rings. The van der Waals surface area contributed by atoms with E-state index in [9.17, 15) is 0 Å². The van der Waals surface area contributed by atoms with Crippen LogP contribution in [0.15, 0.2) is 28.9 Å². The molecular weight excluding hydrogens is 240 g/mol. The first kappa shape index (κ1) is 10.2. The Bertz CT molecular complexity index is 695. The number of aromatic nitrogens is 4. The predicted molar refractivity (Wildman–Crippen MR) is 62.6 cm³/mol. The topological polar surface area (TPSA) is 64.7 Å². The van der Waals surface area contributed by atoms with Crippen molar-refractivity contribution in [3.63, 3.8) is 0 Å². The van der Waals surface area contributed by atoms with Crippen LogP contribution < -0.4 is 0 Å². The summed E-state index contributed by atoms with van der Waals surface area (Å²) >= 11 is 5.96. The zero-order valence-electron chi connectivity index (χ0n) is 8.88. The van der Waals surface area contributed by atoms with E-state index in [4.69, 9.17) is 16.0 Å². The van der Waals surface area contributed by atoms with E-state index in [1.165, 1.54) is 6.33 Å². The number of halogens is 1. The Morgan fingerprint density at radius 2 is 2.18 bits per heavy atom. The van der Waals surface area contributed by atoms with Crippen molar-refractivity contribution in [1.82, 2.24) is 20.2 Å². The van der Waals surface area contributed by atoms with Gasteiger partial charge in [-0.05, 0) is 12.1 Å². The Balaban J connectivity index is 2.21. The molecule has 2 heterocycles. The van der Waals surface area contributed by atoms with Crippen LogP contribution in [0.3, 0.4) is 0 Å². The van der Waals surface area contributed by atoms with Crippen LogP contribution >= 0.6 is 11.6 Å². The highest BCUT2D eigenvalue weighted by Gasteiger charge is 2.09. The molecule has 0 unspecified atom stereocenters. The summed E-state index contributed by atoms with van der Waals surface area (Å²) < 4.78 is 5.45. The Morgan fingerprint density at radius 3 is 3.00 bits per heavy atom. The largest absolute Gasteiger partial charge is 0.441 e. The molecule has 0 aliphatic heterocycles. The minimum atomic E-state index is 0.315. The number of hydrogen-bond donors (Lipinski definition) is 0. The van der Waals surface area contributed by atoms with Gasteiger partial charge in [-0.2, -0.15) is 0 Å². The fourth-order valence-corrected chi connectivity index (χ4v) is 1.82. The van der Waals surface area contributed by atoms with Crippen molar-refractivity contribution in [2.24, 2.45) is 0 Å². The van der Waals surface area contributed by atoms with E-state index < -0.39 is 0 Å². The molecule has 17 heavy (non-hydrogen) atoms. The molecule has 5 nitrogen and oxygen atoms in total. The van der Waals surface area contributed by atoms with Crippen molar-refractivity contribution in [3.05, 3.63) is 35.6 Å². The van der Waals surface area contributed by atoms with Gasteiger partial charge in [-0.1, -0.05) is 17.7 Å². The predicted octanol–water partition coefficient (Wildman–Crippen LogP) is 2.64.